The Morgan fingerprint density at radius 3 is 2.50 bits per heavy atom. The van der Waals surface area contributed by atoms with Crippen LogP contribution in [0.25, 0.3) is 0 Å². The van der Waals surface area contributed by atoms with E-state index in [-0.39, 0.29) is 11.5 Å². The maximum Gasteiger partial charge on any atom is 0.157 e. The number of imidazole rings is 1. The second-order valence-electron chi connectivity index (χ2n) is 3.12. The van der Waals surface area contributed by atoms with Crippen LogP contribution in [0.1, 0.15) is 5.56 Å². The molecule has 1 aromatic carbocycles. The van der Waals surface area contributed by atoms with Crippen LogP contribution in [0.4, 0.5) is 0 Å². The van der Waals surface area contributed by atoms with E-state index >= 15 is 0 Å². The van der Waals surface area contributed by atoms with Gasteiger partial charge in [-0.25, -0.2) is 4.98 Å². The average molecular weight is 221 g/mol. The number of nitrogens with one attached hydrogen (secondary N) is 1. The summed E-state index contributed by atoms with van der Waals surface area (Å²) in [5, 5.41) is 18.0. The van der Waals surface area contributed by atoms with Crippen molar-refractivity contribution >= 4 is 0 Å². The molecule has 0 saturated heterocycles. The molecule has 2 aromatic rings. The zero-order valence-electron chi connectivity index (χ0n) is 8.80. The first-order chi connectivity index (χ1) is 7.74. The molecule has 5 N–H and O–H groups in total. The van der Waals surface area contributed by atoms with Crippen LogP contribution in [0.15, 0.2) is 36.9 Å². The fourth-order valence-corrected chi connectivity index (χ4v) is 1.11. The van der Waals surface area contributed by atoms with E-state index in [9.17, 15) is 0 Å². The van der Waals surface area contributed by atoms with Crippen molar-refractivity contribution in [3.05, 3.63) is 42.5 Å². The second-order valence-corrected chi connectivity index (χ2v) is 3.12. The van der Waals surface area contributed by atoms with Crippen molar-refractivity contribution in [3.8, 4) is 11.5 Å². The molecule has 0 aliphatic rings. The summed E-state index contributed by atoms with van der Waals surface area (Å²) in [7, 11) is 0. The first-order valence-electron chi connectivity index (χ1n) is 4.87. The lowest BCUT2D eigenvalue weighted by atomic mass is 10.1. The summed E-state index contributed by atoms with van der Waals surface area (Å²) in [6, 6.07) is 4.71. The van der Waals surface area contributed by atoms with E-state index in [4.69, 9.17) is 15.9 Å². The summed E-state index contributed by atoms with van der Waals surface area (Å²) in [4.78, 5) is 6.42. The van der Waals surface area contributed by atoms with Gasteiger partial charge in [0.05, 0.1) is 6.33 Å². The third kappa shape index (κ3) is 4.02. The predicted molar refractivity (Wildman–Crippen MR) is 61.1 cm³/mol. The monoisotopic (exact) mass is 221 g/mol. The molecule has 1 aromatic heterocycles. The largest absolute Gasteiger partial charge is 0.504 e. The van der Waals surface area contributed by atoms with Crippen molar-refractivity contribution in [1.29, 1.82) is 0 Å². The molecule has 0 fully saturated rings. The number of H-pyrrole nitrogens is 1. The molecule has 1 heterocycles. The number of phenols is 2. The maximum absolute atomic E-state index is 9.04. The van der Waals surface area contributed by atoms with Gasteiger partial charge < -0.3 is 20.9 Å². The molecule has 0 atom stereocenters. The molecule has 0 radical (unpaired) electrons. The van der Waals surface area contributed by atoms with Crippen molar-refractivity contribution in [1.82, 2.24) is 9.97 Å². The number of nitrogens with zero attached hydrogens (tertiary/aromatic N) is 1. The smallest absolute Gasteiger partial charge is 0.157 e. The number of hydrogen-bond acceptors (Lipinski definition) is 4. The highest BCUT2D eigenvalue weighted by Crippen LogP contribution is 2.24. The zero-order valence-corrected chi connectivity index (χ0v) is 8.80. The van der Waals surface area contributed by atoms with E-state index in [1.54, 1.807) is 24.8 Å². The third-order valence-electron chi connectivity index (χ3n) is 1.88. The SMILES string of the molecule is NCCc1ccc(O)c(O)c1.c1c[nH]cn1. The second kappa shape index (κ2) is 6.47. The van der Waals surface area contributed by atoms with Crippen molar-refractivity contribution in [2.24, 2.45) is 5.73 Å². The Balaban J connectivity index is 0.000000212. The normalized spacial score (nSPS) is 9.31. The predicted octanol–water partition coefficient (Wildman–Crippen LogP) is 1.01. The van der Waals surface area contributed by atoms with Gasteiger partial charge in [0.2, 0.25) is 0 Å². The first-order valence-corrected chi connectivity index (χ1v) is 4.87. The summed E-state index contributed by atoms with van der Waals surface area (Å²) in [6.45, 7) is 0.546. The Morgan fingerprint density at radius 2 is 2.06 bits per heavy atom. The van der Waals surface area contributed by atoms with E-state index in [1.807, 2.05) is 0 Å². The molecule has 0 spiro atoms. The van der Waals surface area contributed by atoms with Gasteiger partial charge in [0.15, 0.2) is 11.5 Å². The van der Waals surface area contributed by atoms with Crippen LogP contribution in [0, 0.1) is 0 Å². The van der Waals surface area contributed by atoms with Gasteiger partial charge in [-0.15, -0.1) is 0 Å². The topological polar surface area (TPSA) is 95.2 Å². The Bertz CT molecular complexity index is 384. The molecule has 2 rings (SSSR count). The molecule has 5 heteroatoms. The summed E-state index contributed by atoms with van der Waals surface area (Å²) in [5.74, 6) is -0.179. The Kier molecular flexibility index (Phi) is 4.88. The molecule has 0 saturated carbocycles. The highest BCUT2D eigenvalue weighted by molar-refractivity contribution is 5.40. The van der Waals surface area contributed by atoms with Crippen LogP contribution in [-0.2, 0) is 6.42 Å². The maximum atomic E-state index is 9.04. The van der Waals surface area contributed by atoms with E-state index in [1.165, 1.54) is 12.1 Å². The van der Waals surface area contributed by atoms with Crippen LogP contribution in [0.5, 0.6) is 11.5 Å². The standard InChI is InChI=1S/C8H11NO2.C3H4N2/c9-4-3-6-1-2-7(10)8(11)5-6;1-2-5-3-4-1/h1-2,5,10-11H,3-4,9H2;1-3H,(H,4,5). The number of aromatic nitrogens is 2. The van der Waals surface area contributed by atoms with Gasteiger partial charge in [0.25, 0.3) is 0 Å². The third-order valence-corrected chi connectivity index (χ3v) is 1.88. The van der Waals surface area contributed by atoms with E-state index in [0.717, 1.165) is 5.56 Å². The number of nitrogens with two attached hydrogens (primary N) is 1. The Hall–Kier alpha value is -2.01. The van der Waals surface area contributed by atoms with Gasteiger partial charge in [-0.05, 0) is 30.7 Å². The van der Waals surface area contributed by atoms with Crippen molar-refractivity contribution in [2.75, 3.05) is 6.54 Å². The molecular weight excluding hydrogens is 206 g/mol. The van der Waals surface area contributed by atoms with Gasteiger partial charge in [-0.2, -0.15) is 0 Å². The molecule has 0 amide bonds. The highest BCUT2D eigenvalue weighted by atomic mass is 16.3. The molecular formula is C11H15N3O2. The minimum atomic E-state index is -0.0919. The minimum absolute atomic E-state index is 0.0871. The van der Waals surface area contributed by atoms with Crippen LogP contribution >= 0.6 is 0 Å². The first kappa shape index (κ1) is 12.1. The lowest BCUT2D eigenvalue weighted by Crippen LogP contribution is -2.02. The van der Waals surface area contributed by atoms with Gasteiger partial charge in [-0.3, -0.25) is 0 Å². The Labute approximate surface area is 93.6 Å². The van der Waals surface area contributed by atoms with E-state index in [0.29, 0.717) is 13.0 Å². The fraction of sp³-hybridized carbons (Fsp3) is 0.182. The highest BCUT2D eigenvalue weighted by Gasteiger charge is 1.98. The van der Waals surface area contributed by atoms with Gasteiger partial charge in [0.1, 0.15) is 0 Å². The molecule has 0 bridgehead atoms. The van der Waals surface area contributed by atoms with Crippen molar-refractivity contribution < 1.29 is 10.2 Å². The van der Waals surface area contributed by atoms with Crippen LogP contribution in [0.3, 0.4) is 0 Å². The van der Waals surface area contributed by atoms with E-state index in [2.05, 4.69) is 9.97 Å². The van der Waals surface area contributed by atoms with Crippen molar-refractivity contribution in [3.63, 3.8) is 0 Å². The summed E-state index contributed by atoms with van der Waals surface area (Å²) >= 11 is 0. The zero-order chi connectivity index (χ0) is 11.8. The number of hydrogen-bond donors (Lipinski definition) is 4. The van der Waals surface area contributed by atoms with E-state index < -0.39 is 0 Å². The summed E-state index contributed by atoms with van der Waals surface area (Å²) < 4.78 is 0. The van der Waals surface area contributed by atoms with Gasteiger partial charge >= 0.3 is 0 Å². The molecule has 0 unspecified atom stereocenters. The number of benzene rings is 1. The lowest BCUT2D eigenvalue weighted by molar-refractivity contribution is 0.403. The van der Waals surface area contributed by atoms with Gasteiger partial charge in [-0.1, -0.05) is 6.07 Å². The molecule has 5 nitrogen and oxygen atoms in total. The van der Waals surface area contributed by atoms with Crippen molar-refractivity contribution in [2.45, 2.75) is 6.42 Å². The molecule has 0 aliphatic carbocycles. The summed E-state index contributed by atoms with van der Waals surface area (Å²) in [6.07, 6.45) is 5.80. The Morgan fingerprint density at radius 1 is 1.25 bits per heavy atom. The quantitative estimate of drug-likeness (QED) is 0.569. The van der Waals surface area contributed by atoms with Crippen LogP contribution in [-0.4, -0.2) is 26.7 Å². The lowest BCUT2D eigenvalue weighted by Gasteiger charge is -2.00. The number of rotatable bonds is 2. The fourth-order valence-electron chi connectivity index (χ4n) is 1.11. The van der Waals surface area contributed by atoms with Gasteiger partial charge in [0, 0.05) is 12.4 Å². The number of aromatic hydroxyl groups is 2. The average Bonchev–Trinajstić information content (AvgIpc) is 2.82. The number of aromatic amines is 1. The number of phenolic OH excluding ortho intramolecular Hbond substituents is 2. The van der Waals surface area contributed by atoms with Crippen LogP contribution in [0.2, 0.25) is 0 Å². The molecule has 86 valence electrons. The molecule has 16 heavy (non-hydrogen) atoms. The van der Waals surface area contributed by atoms with Crippen LogP contribution < -0.4 is 5.73 Å². The minimum Gasteiger partial charge on any atom is -0.504 e. The molecule has 0 aliphatic heterocycles. The summed E-state index contributed by atoms with van der Waals surface area (Å²) in [5.41, 5.74) is 6.24.